The summed E-state index contributed by atoms with van der Waals surface area (Å²) in [6.07, 6.45) is 10.9. The van der Waals surface area contributed by atoms with E-state index < -0.39 is 21.5 Å². The summed E-state index contributed by atoms with van der Waals surface area (Å²) >= 11 is 0. The molecule has 1 saturated heterocycles. The van der Waals surface area contributed by atoms with Gasteiger partial charge in [-0.15, -0.1) is 0 Å². The van der Waals surface area contributed by atoms with Crippen LogP contribution in [0, 0.1) is 5.41 Å². The van der Waals surface area contributed by atoms with E-state index >= 15 is 0 Å². The highest BCUT2D eigenvalue weighted by Crippen LogP contribution is 2.58. The third-order valence-corrected chi connectivity index (χ3v) is 9.95. The van der Waals surface area contributed by atoms with Gasteiger partial charge in [0, 0.05) is 19.0 Å². The molecule has 3 aliphatic rings. The first kappa shape index (κ1) is 27.0. The van der Waals surface area contributed by atoms with Gasteiger partial charge in [0.2, 0.25) is 0 Å². The van der Waals surface area contributed by atoms with Crippen LogP contribution in [0.15, 0.2) is 29.4 Å². The van der Waals surface area contributed by atoms with Gasteiger partial charge in [0.05, 0.1) is 24.0 Å². The molecule has 206 valence electrons. The van der Waals surface area contributed by atoms with Crippen molar-refractivity contribution in [2.24, 2.45) is 5.41 Å². The molecule has 2 aromatic heterocycles. The Hall–Kier alpha value is -2.63. The number of rotatable bonds is 8. The van der Waals surface area contributed by atoms with Crippen LogP contribution in [0.25, 0.3) is 0 Å². The van der Waals surface area contributed by atoms with Crippen molar-refractivity contribution in [1.29, 1.82) is 0 Å². The highest BCUT2D eigenvalue weighted by Gasteiger charge is 2.45. The Labute approximate surface area is 224 Å². The van der Waals surface area contributed by atoms with E-state index in [-0.39, 0.29) is 29.1 Å². The molecule has 2 saturated carbocycles. The first-order chi connectivity index (χ1) is 18.1. The number of anilines is 2. The van der Waals surface area contributed by atoms with Crippen LogP contribution < -0.4 is 10.6 Å². The molecule has 38 heavy (non-hydrogen) atoms. The summed E-state index contributed by atoms with van der Waals surface area (Å²) in [4.78, 5) is 27.0. The fourth-order valence-electron chi connectivity index (χ4n) is 5.53. The third kappa shape index (κ3) is 5.84. The molecule has 3 fully saturated rings. The lowest BCUT2D eigenvalue weighted by atomic mass is 9.78. The van der Waals surface area contributed by atoms with E-state index in [9.17, 15) is 18.3 Å². The highest BCUT2D eigenvalue weighted by atomic mass is 32.2. The lowest BCUT2D eigenvalue weighted by Gasteiger charge is -2.30. The Bertz CT molecular complexity index is 1280. The van der Waals surface area contributed by atoms with Crippen LogP contribution in [-0.4, -0.2) is 63.9 Å². The fourth-order valence-corrected chi connectivity index (χ4v) is 7.00. The largest absolute Gasteiger partial charge is 0.394 e. The van der Waals surface area contributed by atoms with E-state index in [4.69, 9.17) is 4.98 Å². The van der Waals surface area contributed by atoms with Crippen molar-refractivity contribution in [2.45, 2.75) is 88.1 Å². The van der Waals surface area contributed by atoms with Crippen molar-refractivity contribution < 1.29 is 18.3 Å². The molecule has 2 aliphatic carbocycles. The average Bonchev–Trinajstić information content (AvgIpc) is 3.68. The second-order valence-electron chi connectivity index (χ2n) is 11.7. The maximum atomic E-state index is 13.5. The molecule has 3 N–H and O–H groups in total. The van der Waals surface area contributed by atoms with Gasteiger partial charge in [0.25, 0.3) is 15.9 Å². The van der Waals surface area contributed by atoms with Crippen molar-refractivity contribution in [3.05, 3.63) is 35.8 Å². The number of piperidine rings is 1. The van der Waals surface area contributed by atoms with Crippen molar-refractivity contribution in [1.82, 2.24) is 19.3 Å². The highest BCUT2D eigenvalue weighted by molar-refractivity contribution is 7.89. The number of carbonyl (C=O) groups is 1. The Morgan fingerprint density at radius 2 is 1.79 bits per heavy atom. The van der Waals surface area contributed by atoms with Crippen molar-refractivity contribution in [3.63, 3.8) is 0 Å². The van der Waals surface area contributed by atoms with Crippen molar-refractivity contribution in [2.75, 3.05) is 30.3 Å². The molecule has 5 rings (SSSR count). The van der Waals surface area contributed by atoms with Gasteiger partial charge in [-0.25, -0.2) is 23.4 Å². The zero-order chi connectivity index (χ0) is 27.0. The van der Waals surface area contributed by atoms with E-state index in [2.05, 4.69) is 20.6 Å². The molecule has 1 spiro atoms. The van der Waals surface area contributed by atoms with Crippen molar-refractivity contribution >= 4 is 27.6 Å². The molecule has 0 unspecified atom stereocenters. The number of aromatic nitrogens is 3. The van der Waals surface area contributed by atoms with Gasteiger partial charge in [-0.2, -0.15) is 4.31 Å². The Kier molecular flexibility index (Phi) is 7.45. The van der Waals surface area contributed by atoms with E-state index in [1.165, 1.54) is 29.4 Å². The van der Waals surface area contributed by atoms with Gasteiger partial charge in [0.15, 0.2) is 5.03 Å². The van der Waals surface area contributed by atoms with Gasteiger partial charge in [-0.3, -0.25) is 4.79 Å². The minimum atomic E-state index is -3.73. The van der Waals surface area contributed by atoms with E-state index in [0.29, 0.717) is 30.0 Å². The first-order valence-corrected chi connectivity index (χ1v) is 15.1. The minimum absolute atomic E-state index is 0.0729. The smallest absolute Gasteiger partial charge is 0.277 e. The van der Waals surface area contributed by atoms with Crippen molar-refractivity contribution in [3.8, 4) is 0 Å². The van der Waals surface area contributed by atoms with E-state index in [1.54, 1.807) is 12.1 Å². The quantitative estimate of drug-likeness (QED) is 0.456. The number of aliphatic hydroxyl groups excluding tert-OH is 1. The zero-order valence-corrected chi connectivity index (χ0v) is 23.1. The zero-order valence-electron chi connectivity index (χ0n) is 22.2. The molecule has 1 amide bonds. The summed E-state index contributed by atoms with van der Waals surface area (Å²) < 4.78 is 27.6. The molecule has 10 nitrogen and oxygen atoms in total. The predicted molar refractivity (Wildman–Crippen MR) is 144 cm³/mol. The molecule has 3 heterocycles. The SMILES string of the molecule is CC(C)(CO)Nc1cnc(C(=O)Nc2cccc(S(=O)(=O)N3CCCCC3)n2)c(C2CCC3(CC2)CC3)n1. The number of aliphatic hydroxyl groups is 1. The molecule has 0 radical (unpaired) electrons. The number of amides is 1. The first-order valence-electron chi connectivity index (χ1n) is 13.7. The number of hydrogen-bond acceptors (Lipinski definition) is 8. The Morgan fingerprint density at radius 3 is 2.45 bits per heavy atom. The number of sulfonamides is 1. The molecular formula is C27H38N6O4S. The summed E-state index contributed by atoms with van der Waals surface area (Å²) in [5.41, 5.74) is 0.754. The average molecular weight is 543 g/mol. The molecule has 1 aliphatic heterocycles. The summed E-state index contributed by atoms with van der Waals surface area (Å²) in [5.74, 6) is 0.305. The monoisotopic (exact) mass is 542 g/mol. The second-order valence-corrected chi connectivity index (χ2v) is 13.6. The van der Waals surface area contributed by atoms with Gasteiger partial charge in [-0.1, -0.05) is 12.5 Å². The Morgan fingerprint density at radius 1 is 1.08 bits per heavy atom. The summed E-state index contributed by atoms with van der Waals surface area (Å²) in [6.45, 7) is 4.61. The van der Waals surface area contributed by atoms with Crippen LogP contribution in [0.1, 0.15) is 93.7 Å². The summed E-state index contributed by atoms with van der Waals surface area (Å²) in [5, 5.41) is 15.6. The molecule has 0 atom stereocenters. The molecule has 0 bridgehead atoms. The Balaban J connectivity index is 1.39. The molecule has 0 aromatic carbocycles. The van der Waals surface area contributed by atoms with Crippen LogP contribution in [0.2, 0.25) is 0 Å². The lowest BCUT2D eigenvalue weighted by molar-refractivity contribution is 0.101. The van der Waals surface area contributed by atoms with E-state index in [0.717, 1.165) is 44.9 Å². The number of hydrogen-bond donors (Lipinski definition) is 3. The van der Waals surface area contributed by atoms with Gasteiger partial charge >= 0.3 is 0 Å². The second kappa shape index (κ2) is 10.5. The van der Waals surface area contributed by atoms with Crippen LogP contribution in [0.4, 0.5) is 11.6 Å². The number of pyridine rings is 1. The topological polar surface area (TPSA) is 137 Å². The van der Waals surface area contributed by atoms with E-state index in [1.807, 2.05) is 13.8 Å². The number of nitrogens with one attached hydrogen (secondary N) is 2. The van der Waals surface area contributed by atoms with Gasteiger partial charge < -0.3 is 15.7 Å². The maximum absolute atomic E-state index is 13.5. The van der Waals surface area contributed by atoms with Crippen LogP contribution in [-0.2, 0) is 10.0 Å². The minimum Gasteiger partial charge on any atom is -0.394 e. The molecule has 2 aromatic rings. The van der Waals surface area contributed by atoms with Crippen LogP contribution in [0.3, 0.4) is 0 Å². The standard InChI is InChI=1S/C27H38N6O4S/c1-26(2,18-34)32-21-17-28-24(23(30-21)19-9-11-27(12-10-19)13-14-27)25(35)31-20-7-6-8-22(29-20)38(36,37)33-15-4-3-5-16-33/h6-8,17,19,34H,3-5,9-16,18H2,1-2H3,(H,30,32)(H,29,31,35). The summed E-state index contributed by atoms with van der Waals surface area (Å²) in [6, 6.07) is 4.63. The van der Waals surface area contributed by atoms with Crippen LogP contribution >= 0.6 is 0 Å². The molecular weight excluding hydrogens is 504 g/mol. The fraction of sp³-hybridized carbons (Fsp3) is 0.630. The lowest BCUT2D eigenvalue weighted by Crippen LogP contribution is -2.36. The maximum Gasteiger partial charge on any atom is 0.277 e. The van der Waals surface area contributed by atoms with Crippen LogP contribution in [0.5, 0.6) is 0 Å². The van der Waals surface area contributed by atoms with Gasteiger partial charge in [0.1, 0.15) is 17.3 Å². The third-order valence-electron chi connectivity index (χ3n) is 8.15. The molecule has 11 heteroatoms. The normalized spacial score (nSPS) is 20.3. The van der Waals surface area contributed by atoms with Gasteiger partial charge in [-0.05, 0) is 82.8 Å². The predicted octanol–water partition coefficient (Wildman–Crippen LogP) is 3.92. The number of nitrogens with zero attached hydrogens (tertiary/aromatic N) is 4. The number of carbonyl (C=O) groups excluding carboxylic acids is 1. The summed E-state index contributed by atoms with van der Waals surface area (Å²) in [7, 11) is -3.73.